The van der Waals surface area contributed by atoms with E-state index in [1.807, 2.05) is 37.5 Å². The van der Waals surface area contributed by atoms with Gasteiger partial charge in [0.15, 0.2) is 18.1 Å². The third-order valence-electron chi connectivity index (χ3n) is 4.51. The number of aromatic nitrogens is 1. The average molecular weight is 373 g/mol. The number of carbonyl (C=O) groups excluding carboxylic acids is 2. The van der Waals surface area contributed by atoms with Gasteiger partial charge in [0, 0.05) is 17.8 Å². The minimum atomic E-state index is -0.417. The van der Waals surface area contributed by atoms with Crippen molar-refractivity contribution < 1.29 is 23.8 Å². The maximum Gasteiger partial charge on any atom is 0.355 e. The number of rotatable bonds is 8. The van der Waals surface area contributed by atoms with Gasteiger partial charge in [-0.05, 0) is 57.9 Å². The van der Waals surface area contributed by atoms with Gasteiger partial charge in [0.25, 0.3) is 0 Å². The van der Waals surface area contributed by atoms with Crippen molar-refractivity contribution >= 4 is 11.8 Å². The standard InChI is InChI=1S/C21H27NO5/c1-7-22-15(5)19(14(4)20(22)21(24)26-8-2)16(23)12-27-17-10-9-13(3)11-18(17)25-6/h9-11H,7-8,12H2,1-6H3. The molecule has 0 aliphatic carbocycles. The second-order valence-electron chi connectivity index (χ2n) is 6.26. The van der Waals surface area contributed by atoms with Crippen LogP contribution >= 0.6 is 0 Å². The highest BCUT2D eigenvalue weighted by Crippen LogP contribution is 2.29. The lowest BCUT2D eigenvalue weighted by Gasteiger charge is -2.11. The van der Waals surface area contributed by atoms with Crippen molar-refractivity contribution in [2.75, 3.05) is 20.3 Å². The SMILES string of the molecule is CCOC(=O)c1c(C)c(C(=O)COc2ccc(C)cc2OC)c(C)n1CC. The second-order valence-corrected chi connectivity index (χ2v) is 6.26. The molecule has 0 saturated carbocycles. The number of aryl methyl sites for hydroxylation is 1. The number of benzene rings is 1. The van der Waals surface area contributed by atoms with E-state index >= 15 is 0 Å². The zero-order chi connectivity index (χ0) is 20.1. The third kappa shape index (κ3) is 4.15. The Bertz CT molecular complexity index is 851. The highest BCUT2D eigenvalue weighted by Gasteiger charge is 2.26. The number of ketones is 1. The van der Waals surface area contributed by atoms with Crippen LogP contribution < -0.4 is 9.47 Å². The van der Waals surface area contributed by atoms with Crippen LogP contribution in [-0.2, 0) is 11.3 Å². The fourth-order valence-electron chi connectivity index (χ4n) is 3.27. The Morgan fingerprint density at radius 3 is 2.37 bits per heavy atom. The van der Waals surface area contributed by atoms with E-state index in [9.17, 15) is 9.59 Å². The zero-order valence-electron chi connectivity index (χ0n) is 16.8. The van der Waals surface area contributed by atoms with Crippen molar-refractivity contribution in [1.82, 2.24) is 4.57 Å². The minimum absolute atomic E-state index is 0.142. The van der Waals surface area contributed by atoms with Crippen molar-refractivity contribution in [3.8, 4) is 11.5 Å². The van der Waals surface area contributed by atoms with Crippen molar-refractivity contribution in [3.63, 3.8) is 0 Å². The van der Waals surface area contributed by atoms with Gasteiger partial charge in [-0.25, -0.2) is 4.79 Å². The summed E-state index contributed by atoms with van der Waals surface area (Å²) >= 11 is 0. The highest BCUT2D eigenvalue weighted by atomic mass is 16.5. The van der Waals surface area contributed by atoms with Crippen molar-refractivity contribution in [1.29, 1.82) is 0 Å². The van der Waals surface area contributed by atoms with Crippen molar-refractivity contribution in [2.45, 2.75) is 41.2 Å². The summed E-state index contributed by atoms with van der Waals surface area (Å²) in [6.45, 7) is 9.95. The molecule has 0 saturated heterocycles. The Hall–Kier alpha value is -2.76. The molecule has 0 spiro atoms. The Morgan fingerprint density at radius 2 is 1.78 bits per heavy atom. The van der Waals surface area contributed by atoms with Crippen LogP contribution in [0.2, 0.25) is 0 Å². The first-order chi connectivity index (χ1) is 12.8. The third-order valence-corrected chi connectivity index (χ3v) is 4.51. The lowest BCUT2D eigenvalue weighted by Crippen LogP contribution is -2.14. The lowest BCUT2D eigenvalue weighted by atomic mass is 10.1. The molecule has 0 atom stereocenters. The highest BCUT2D eigenvalue weighted by molar-refractivity contribution is 6.03. The zero-order valence-corrected chi connectivity index (χ0v) is 16.8. The van der Waals surface area contributed by atoms with Gasteiger partial charge >= 0.3 is 5.97 Å². The number of carbonyl (C=O) groups is 2. The van der Waals surface area contributed by atoms with E-state index in [1.165, 1.54) is 0 Å². The fourth-order valence-corrected chi connectivity index (χ4v) is 3.27. The summed E-state index contributed by atoms with van der Waals surface area (Å²) in [4.78, 5) is 25.2. The normalized spacial score (nSPS) is 10.6. The number of hydrogen-bond acceptors (Lipinski definition) is 5. The van der Waals surface area contributed by atoms with Crippen LogP contribution in [0.1, 0.15) is 51.5 Å². The van der Waals surface area contributed by atoms with Crippen LogP contribution in [0.25, 0.3) is 0 Å². The molecule has 2 rings (SSSR count). The quantitative estimate of drug-likeness (QED) is 0.519. The van der Waals surface area contributed by atoms with E-state index in [4.69, 9.17) is 14.2 Å². The Labute approximate surface area is 160 Å². The number of esters is 1. The molecule has 0 amide bonds. The Kier molecular flexibility index (Phi) is 6.66. The topological polar surface area (TPSA) is 66.8 Å². The first kappa shape index (κ1) is 20.6. The summed E-state index contributed by atoms with van der Waals surface area (Å²) in [7, 11) is 1.56. The van der Waals surface area contributed by atoms with E-state index < -0.39 is 5.97 Å². The second kappa shape index (κ2) is 8.75. The molecule has 6 nitrogen and oxygen atoms in total. The van der Waals surface area contributed by atoms with E-state index in [0.717, 1.165) is 11.3 Å². The number of nitrogens with zero attached hydrogens (tertiary/aromatic N) is 1. The van der Waals surface area contributed by atoms with Gasteiger partial charge in [0.2, 0.25) is 5.78 Å². The molecule has 0 fully saturated rings. The predicted octanol–water partition coefficient (Wildman–Crippen LogP) is 3.88. The largest absolute Gasteiger partial charge is 0.493 e. The van der Waals surface area contributed by atoms with Crippen LogP contribution in [0.4, 0.5) is 0 Å². The molecule has 0 unspecified atom stereocenters. The Balaban J connectivity index is 2.30. The lowest BCUT2D eigenvalue weighted by molar-refractivity contribution is 0.0512. The van der Waals surface area contributed by atoms with E-state index in [1.54, 1.807) is 27.0 Å². The maximum atomic E-state index is 12.9. The molecule has 1 aromatic carbocycles. The summed E-state index contributed by atoms with van der Waals surface area (Å²) in [6.07, 6.45) is 0. The molecule has 1 aromatic heterocycles. The van der Waals surface area contributed by atoms with E-state index in [0.29, 0.717) is 34.9 Å². The molecule has 0 radical (unpaired) electrons. The van der Waals surface area contributed by atoms with Crippen LogP contribution in [0.15, 0.2) is 18.2 Å². The smallest absolute Gasteiger partial charge is 0.355 e. The summed E-state index contributed by atoms with van der Waals surface area (Å²) in [5.74, 6) is 0.479. The van der Waals surface area contributed by atoms with Crippen molar-refractivity contribution in [3.05, 3.63) is 46.3 Å². The summed E-state index contributed by atoms with van der Waals surface area (Å²) in [6, 6.07) is 5.52. The number of hydrogen-bond donors (Lipinski definition) is 0. The number of methoxy groups -OCH3 is 1. The molecular weight excluding hydrogens is 346 g/mol. The molecule has 1 heterocycles. The summed E-state index contributed by atoms with van der Waals surface area (Å²) in [5, 5.41) is 0. The molecule has 0 bridgehead atoms. The van der Waals surface area contributed by atoms with Gasteiger partial charge in [-0.15, -0.1) is 0 Å². The van der Waals surface area contributed by atoms with Crippen LogP contribution in [0.3, 0.4) is 0 Å². The fraction of sp³-hybridized carbons (Fsp3) is 0.429. The number of Topliss-reactive ketones (excluding diaryl/α,β-unsaturated/α-hetero) is 1. The van der Waals surface area contributed by atoms with Crippen LogP contribution in [0, 0.1) is 20.8 Å². The first-order valence-electron chi connectivity index (χ1n) is 9.03. The van der Waals surface area contributed by atoms with Gasteiger partial charge in [0.05, 0.1) is 13.7 Å². The van der Waals surface area contributed by atoms with Gasteiger partial charge in [-0.2, -0.15) is 0 Å². The predicted molar refractivity (Wildman–Crippen MR) is 103 cm³/mol. The van der Waals surface area contributed by atoms with Gasteiger partial charge in [-0.3, -0.25) is 4.79 Å². The van der Waals surface area contributed by atoms with E-state index in [2.05, 4.69) is 0 Å². The molecule has 0 aliphatic rings. The van der Waals surface area contributed by atoms with Gasteiger partial charge in [-0.1, -0.05) is 6.07 Å². The maximum absolute atomic E-state index is 12.9. The minimum Gasteiger partial charge on any atom is -0.493 e. The van der Waals surface area contributed by atoms with Crippen LogP contribution in [-0.4, -0.2) is 36.6 Å². The van der Waals surface area contributed by atoms with Gasteiger partial charge < -0.3 is 18.8 Å². The molecule has 146 valence electrons. The monoisotopic (exact) mass is 373 g/mol. The van der Waals surface area contributed by atoms with Crippen molar-refractivity contribution in [2.24, 2.45) is 0 Å². The summed E-state index contributed by atoms with van der Waals surface area (Å²) in [5.41, 5.74) is 3.33. The molecule has 2 aromatic rings. The van der Waals surface area contributed by atoms with E-state index in [-0.39, 0.29) is 19.0 Å². The first-order valence-corrected chi connectivity index (χ1v) is 9.03. The molecular formula is C21H27NO5. The molecule has 0 N–H and O–H groups in total. The molecule has 6 heteroatoms. The summed E-state index contributed by atoms with van der Waals surface area (Å²) < 4.78 is 18.0. The molecule has 27 heavy (non-hydrogen) atoms. The van der Waals surface area contributed by atoms with Gasteiger partial charge in [0.1, 0.15) is 5.69 Å². The average Bonchev–Trinajstić information content (AvgIpc) is 2.90. The Morgan fingerprint density at radius 1 is 1.07 bits per heavy atom. The number of ether oxygens (including phenoxy) is 3. The molecule has 0 aliphatic heterocycles. The van der Waals surface area contributed by atoms with Crippen LogP contribution in [0.5, 0.6) is 11.5 Å².